The molecule has 1 rings (SSSR count). The largest absolute Gasteiger partial charge is 0.372 e. The van der Waals surface area contributed by atoms with Crippen LogP contribution in [0.3, 0.4) is 0 Å². The molecule has 0 amide bonds. The van der Waals surface area contributed by atoms with Gasteiger partial charge in [-0.25, -0.2) is 0 Å². The second-order valence-electron chi connectivity index (χ2n) is 6.07. The van der Waals surface area contributed by atoms with E-state index in [9.17, 15) is 0 Å². The number of ether oxygens (including phenoxy) is 2. The van der Waals surface area contributed by atoms with Crippen LogP contribution in [0.4, 0.5) is 0 Å². The summed E-state index contributed by atoms with van der Waals surface area (Å²) in [6, 6.07) is 10.3. The highest BCUT2D eigenvalue weighted by atomic mass is 16.5. The van der Waals surface area contributed by atoms with Crippen molar-refractivity contribution in [3.05, 3.63) is 42.5 Å². The van der Waals surface area contributed by atoms with Crippen LogP contribution in [-0.4, -0.2) is 13.2 Å². The highest BCUT2D eigenvalue weighted by molar-refractivity contribution is 5.19. The molecule has 0 spiro atoms. The third-order valence-electron chi connectivity index (χ3n) is 3.15. The van der Waals surface area contributed by atoms with Gasteiger partial charge in [0.15, 0.2) is 0 Å². The fourth-order valence-corrected chi connectivity index (χ4v) is 1.75. The zero-order valence-electron chi connectivity index (χ0n) is 13.3. The molecule has 113 valence electrons. The van der Waals surface area contributed by atoms with Crippen LogP contribution in [0.2, 0.25) is 0 Å². The van der Waals surface area contributed by atoms with Crippen molar-refractivity contribution in [2.45, 2.75) is 46.6 Å². The van der Waals surface area contributed by atoms with Crippen molar-refractivity contribution in [1.82, 2.24) is 0 Å². The normalized spacial score (nSPS) is 13.1. The van der Waals surface area contributed by atoms with E-state index in [1.54, 1.807) is 0 Å². The smallest absolute Gasteiger partial charge is 0.117 e. The van der Waals surface area contributed by atoms with Crippen LogP contribution in [0.15, 0.2) is 30.3 Å². The van der Waals surface area contributed by atoms with Gasteiger partial charge in [-0.05, 0) is 30.2 Å². The molecule has 0 saturated heterocycles. The molecule has 1 aromatic carbocycles. The van der Waals surface area contributed by atoms with Crippen LogP contribution < -0.4 is 0 Å². The Morgan fingerprint density at radius 2 is 1.50 bits per heavy atom. The summed E-state index contributed by atoms with van der Waals surface area (Å²) in [5, 5.41) is 0. The third-order valence-corrected chi connectivity index (χ3v) is 3.15. The van der Waals surface area contributed by atoms with Gasteiger partial charge < -0.3 is 9.47 Å². The van der Waals surface area contributed by atoms with E-state index < -0.39 is 0 Å². The molecular formula is C18H29O2. The molecule has 0 heterocycles. The van der Waals surface area contributed by atoms with Crippen molar-refractivity contribution in [1.29, 1.82) is 0 Å². The minimum absolute atomic E-state index is 0.0675. The topological polar surface area (TPSA) is 18.5 Å². The van der Waals surface area contributed by atoms with Gasteiger partial charge in [0.05, 0.1) is 0 Å². The van der Waals surface area contributed by atoms with Gasteiger partial charge in [0.25, 0.3) is 0 Å². The Bertz CT molecular complexity index is 333. The maximum absolute atomic E-state index is 5.97. The quantitative estimate of drug-likeness (QED) is 0.559. The predicted molar refractivity (Wildman–Crippen MR) is 84.3 cm³/mol. The van der Waals surface area contributed by atoms with Gasteiger partial charge >= 0.3 is 0 Å². The van der Waals surface area contributed by atoms with Gasteiger partial charge in [0.2, 0.25) is 0 Å². The van der Waals surface area contributed by atoms with Crippen LogP contribution in [0.1, 0.15) is 52.2 Å². The lowest BCUT2D eigenvalue weighted by atomic mass is 10.1. The summed E-state index contributed by atoms with van der Waals surface area (Å²) in [4.78, 5) is 0. The monoisotopic (exact) mass is 277 g/mol. The van der Waals surface area contributed by atoms with Crippen molar-refractivity contribution < 1.29 is 9.47 Å². The third kappa shape index (κ3) is 7.66. The lowest BCUT2D eigenvalue weighted by Crippen LogP contribution is -2.10. The van der Waals surface area contributed by atoms with Gasteiger partial charge in [-0.2, -0.15) is 0 Å². The van der Waals surface area contributed by atoms with Crippen molar-refractivity contribution >= 4 is 0 Å². The molecule has 0 aliphatic rings. The van der Waals surface area contributed by atoms with Gasteiger partial charge in [0, 0.05) is 13.2 Å². The first kappa shape index (κ1) is 17.2. The predicted octanol–water partition coefficient (Wildman–Crippen LogP) is 5.01. The number of rotatable bonds is 10. The lowest BCUT2D eigenvalue weighted by Gasteiger charge is -2.19. The molecule has 0 fully saturated rings. The zero-order valence-corrected chi connectivity index (χ0v) is 13.3. The molecule has 0 aliphatic heterocycles. The molecule has 0 aromatic heterocycles. The Hall–Kier alpha value is -0.860. The maximum atomic E-state index is 5.97. The Morgan fingerprint density at radius 3 is 2.10 bits per heavy atom. The maximum Gasteiger partial charge on any atom is 0.117 e. The van der Waals surface area contributed by atoms with Crippen molar-refractivity contribution in [2.24, 2.45) is 11.8 Å². The highest BCUT2D eigenvalue weighted by Gasteiger charge is 2.13. The Balaban J connectivity index is 2.43. The van der Waals surface area contributed by atoms with E-state index in [0.29, 0.717) is 11.8 Å². The van der Waals surface area contributed by atoms with Crippen molar-refractivity contribution in [3.8, 4) is 0 Å². The minimum atomic E-state index is -0.0675. The Kier molecular flexibility index (Phi) is 8.56. The second-order valence-corrected chi connectivity index (χ2v) is 6.07. The first-order valence-electron chi connectivity index (χ1n) is 7.71. The molecule has 1 aromatic rings. The number of hydrogen-bond donors (Lipinski definition) is 0. The molecule has 1 unspecified atom stereocenters. The molecule has 2 nitrogen and oxygen atoms in total. The fourth-order valence-electron chi connectivity index (χ4n) is 1.75. The summed E-state index contributed by atoms with van der Waals surface area (Å²) < 4.78 is 11.6. The summed E-state index contributed by atoms with van der Waals surface area (Å²) in [5.41, 5.74) is 1.15. The van der Waals surface area contributed by atoms with Crippen LogP contribution in [-0.2, 0) is 9.47 Å². The Morgan fingerprint density at radius 1 is 0.900 bits per heavy atom. The fraction of sp³-hybridized carbons (Fsp3) is 0.611. The average Bonchev–Trinajstić information content (AvgIpc) is 2.42. The summed E-state index contributed by atoms with van der Waals surface area (Å²) in [5.74, 6) is 1.33. The van der Waals surface area contributed by atoms with Gasteiger partial charge in [0.1, 0.15) is 12.7 Å². The zero-order chi connectivity index (χ0) is 14.8. The van der Waals surface area contributed by atoms with E-state index >= 15 is 0 Å². The first-order valence-corrected chi connectivity index (χ1v) is 7.71. The lowest BCUT2D eigenvalue weighted by molar-refractivity contribution is 0.0149. The van der Waals surface area contributed by atoms with E-state index in [4.69, 9.17) is 9.47 Å². The Labute approximate surface area is 124 Å². The molecule has 0 saturated carbocycles. The second kappa shape index (κ2) is 9.95. The summed E-state index contributed by atoms with van der Waals surface area (Å²) in [6.45, 7) is 12.2. The van der Waals surface area contributed by atoms with Crippen LogP contribution in [0.5, 0.6) is 0 Å². The standard InChI is InChI=1S/C18H29O2/c1-15(2)10-12-19-14-18(20-13-11-16(3)4)17-8-6-5-7-9-17/h5-9,14-16,18H,10-13H2,1-4H3. The number of benzene rings is 1. The number of hydrogen-bond acceptors (Lipinski definition) is 2. The minimum Gasteiger partial charge on any atom is -0.372 e. The molecule has 0 aliphatic carbocycles. The van der Waals surface area contributed by atoms with E-state index in [-0.39, 0.29) is 6.10 Å². The SMILES string of the molecule is CC(C)CCO[CH]C(OCCC(C)C)c1ccccc1. The molecule has 0 bridgehead atoms. The van der Waals surface area contributed by atoms with Crippen LogP contribution >= 0.6 is 0 Å². The summed E-state index contributed by atoms with van der Waals surface area (Å²) >= 11 is 0. The first-order chi connectivity index (χ1) is 9.59. The molecule has 20 heavy (non-hydrogen) atoms. The van der Waals surface area contributed by atoms with Gasteiger partial charge in [-0.1, -0.05) is 58.0 Å². The molecule has 1 atom stereocenters. The summed E-state index contributed by atoms with van der Waals surface area (Å²) in [7, 11) is 0. The summed E-state index contributed by atoms with van der Waals surface area (Å²) in [6.07, 6.45) is 2.08. The molecular weight excluding hydrogens is 248 g/mol. The van der Waals surface area contributed by atoms with Crippen molar-refractivity contribution in [3.63, 3.8) is 0 Å². The van der Waals surface area contributed by atoms with E-state index in [2.05, 4.69) is 39.8 Å². The molecule has 2 heteroatoms. The van der Waals surface area contributed by atoms with Gasteiger partial charge in [-0.15, -0.1) is 0 Å². The van der Waals surface area contributed by atoms with Gasteiger partial charge in [-0.3, -0.25) is 0 Å². The van der Waals surface area contributed by atoms with E-state index in [0.717, 1.165) is 31.6 Å². The molecule has 1 radical (unpaired) electrons. The van der Waals surface area contributed by atoms with Crippen LogP contribution in [0.25, 0.3) is 0 Å². The van der Waals surface area contributed by atoms with E-state index in [1.807, 2.05) is 24.8 Å². The highest BCUT2D eigenvalue weighted by Crippen LogP contribution is 2.21. The van der Waals surface area contributed by atoms with E-state index in [1.165, 1.54) is 0 Å². The average molecular weight is 277 g/mol. The van der Waals surface area contributed by atoms with Crippen LogP contribution in [0, 0.1) is 18.4 Å². The molecule has 0 N–H and O–H groups in total. The van der Waals surface area contributed by atoms with Crippen molar-refractivity contribution in [2.75, 3.05) is 13.2 Å².